The van der Waals surface area contributed by atoms with Crippen LogP contribution in [0.4, 0.5) is 0 Å². The zero-order valence-corrected chi connectivity index (χ0v) is 8.77. The molecule has 0 heterocycles. The van der Waals surface area contributed by atoms with Crippen LogP contribution in [0.15, 0.2) is 0 Å². The molecule has 0 bridgehead atoms. The van der Waals surface area contributed by atoms with E-state index in [1.54, 1.807) is 7.11 Å². The second kappa shape index (κ2) is 11.8. The van der Waals surface area contributed by atoms with Crippen molar-refractivity contribution in [2.75, 3.05) is 53.6 Å². The van der Waals surface area contributed by atoms with Gasteiger partial charge < -0.3 is 20.1 Å². The highest BCUT2D eigenvalue weighted by Crippen LogP contribution is 1.81. The van der Waals surface area contributed by atoms with Crippen LogP contribution in [0.1, 0.15) is 6.42 Å². The Kier molecular flexibility index (Phi) is 11.7. The molecule has 80 valence electrons. The molecule has 0 atom stereocenters. The van der Waals surface area contributed by atoms with Crippen molar-refractivity contribution in [1.29, 1.82) is 0 Å². The van der Waals surface area contributed by atoms with Crippen LogP contribution in [0.2, 0.25) is 0 Å². The van der Waals surface area contributed by atoms with Crippen LogP contribution >= 0.6 is 0 Å². The quantitative estimate of drug-likeness (QED) is 0.470. The summed E-state index contributed by atoms with van der Waals surface area (Å²) in [4.78, 5) is 0. The minimum atomic E-state index is 0.688. The SMILES string of the molecule is CNCCNCCCOCCOC. The third-order valence-electron chi connectivity index (χ3n) is 1.63. The lowest BCUT2D eigenvalue weighted by molar-refractivity contribution is 0.0695. The summed E-state index contributed by atoms with van der Waals surface area (Å²) in [5.41, 5.74) is 0. The summed E-state index contributed by atoms with van der Waals surface area (Å²) >= 11 is 0. The fourth-order valence-corrected chi connectivity index (χ4v) is 0.882. The average molecular weight is 190 g/mol. The van der Waals surface area contributed by atoms with E-state index in [9.17, 15) is 0 Å². The average Bonchev–Trinajstić information content (AvgIpc) is 2.16. The van der Waals surface area contributed by atoms with Crippen LogP contribution in [0, 0.1) is 0 Å². The summed E-state index contributed by atoms with van der Waals surface area (Å²) in [5.74, 6) is 0. The molecule has 0 aromatic rings. The molecule has 0 aliphatic heterocycles. The Hall–Kier alpha value is -0.160. The van der Waals surface area contributed by atoms with E-state index in [-0.39, 0.29) is 0 Å². The molecule has 0 rings (SSSR count). The van der Waals surface area contributed by atoms with E-state index in [0.717, 1.165) is 32.7 Å². The maximum absolute atomic E-state index is 5.30. The third-order valence-corrected chi connectivity index (χ3v) is 1.63. The first-order valence-corrected chi connectivity index (χ1v) is 4.83. The molecule has 0 spiro atoms. The van der Waals surface area contributed by atoms with Gasteiger partial charge in [-0.1, -0.05) is 0 Å². The van der Waals surface area contributed by atoms with Crippen molar-refractivity contribution < 1.29 is 9.47 Å². The molecular weight excluding hydrogens is 168 g/mol. The number of hydrogen-bond acceptors (Lipinski definition) is 4. The Morgan fingerprint density at radius 1 is 1.00 bits per heavy atom. The van der Waals surface area contributed by atoms with Crippen LogP contribution in [0.3, 0.4) is 0 Å². The summed E-state index contributed by atoms with van der Waals surface area (Å²) in [6, 6.07) is 0. The standard InChI is InChI=1S/C9H22N2O2/c1-10-5-6-11-4-3-7-13-9-8-12-2/h10-11H,3-9H2,1-2H3. The van der Waals surface area contributed by atoms with Crippen molar-refractivity contribution in [2.45, 2.75) is 6.42 Å². The third kappa shape index (κ3) is 11.8. The van der Waals surface area contributed by atoms with E-state index < -0.39 is 0 Å². The smallest absolute Gasteiger partial charge is 0.0700 e. The number of methoxy groups -OCH3 is 1. The first kappa shape index (κ1) is 12.8. The highest BCUT2D eigenvalue weighted by atomic mass is 16.5. The normalized spacial score (nSPS) is 10.6. The van der Waals surface area contributed by atoms with Crippen molar-refractivity contribution in [2.24, 2.45) is 0 Å². The fourth-order valence-electron chi connectivity index (χ4n) is 0.882. The zero-order valence-electron chi connectivity index (χ0n) is 8.77. The number of hydrogen-bond donors (Lipinski definition) is 2. The Bertz CT molecular complexity index is 81.7. The molecule has 0 aromatic heterocycles. The highest BCUT2D eigenvalue weighted by Gasteiger charge is 1.88. The molecule has 0 fully saturated rings. The van der Waals surface area contributed by atoms with Crippen LogP contribution in [0.5, 0.6) is 0 Å². The first-order chi connectivity index (χ1) is 6.41. The van der Waals surface area contributed by atoms with Gasteiger partial charge in [0.1, 0.15) is 0 Å². The van der Waals surface area contributed by atoms with Crippen LogP contribution in [-0.4, -0.2) is 53.6 Å². The van der Waals surface area contributed by atoms with Crippen molar-refractivity contribution in [1.82, 2.24) is 10.6 Å². The molecule has 2 N–H and O–H groups in total. The molecule has 4 heteroatoms. The number of nitrogens with one attached hydrogen (secondary N) is 2. The Morgan fingerprint density at radius 3 is 2.54 bits per heavy atom. The Morgan fingerprint density at radius 2 is 1.85 bits per heavy atom. The zero-order chi connectivity index (χ0) is 9.78. The summed E-state index contributed by atoms with van der Waals surface area (Å²) in [5, 5.41) is 6.38. The Balaban J connectivity index is 2.76. The van der Waals surface area contributed by atoms with Crippen LogP contribution in [0.25, 0.3) is 0 Å². The van der Waals surface area contributed by atoms with Gasteiger partial charge in [-0.15, -0.1) is 0 Å². The van der Waals surface area contributed by atoms with E-state index in [2.05, 4.69) is 10.6 Å². The van der Waals surface area contributed by atoms with Gasteiger partial charge in [0.2, 0.25) is 0 Å². The summed E-state index contributed by atoms with van der Waals surface area (Å²) in [6.07, 6.45) is 1.06. The van der Waals surface area contributed by atoms with Gasteiger partial charge in [0.15, 0.2) is 0 Å². The molecule has 0 aliphatic carbocycles. The van der Waals surface area contributed by atoms with Gasteiger partial charge in [-0.05, 0) is 20.0 Å². The molecule has 4 nitrogen and oxygen atoms in total. The first-order valence-electron chi connectivity index (χ1n) is 4.83. The van der Waals surface area contributed by atoms with E-state index in [1.165, 1.54) is 0 Å². The fraction of sp³-hybridized carbons (Fsp3) is 1.00. The molecule has 0 aliphatic rings. The largest absolute Gasteiger partial charge is 0.382 e. The number of likely N-dealkylation sites (N-methyl/N-ethyl adjacent to an activating group) is 1. The summed E-state index contributed by atoms with van der Waals surface area (Å²) < 4.78 is 10.2. The summed E-state index contributed by atoms with van der Waals surface area (Å²) in [6.45, 7) is 5.27. The van der Waals surface area contributed by atoms with E-state index in [1.807, 2.05) is 7.05 Å². The predicted molar refractivity (Wildman–Crippen MR) is 54.1 cm³/mol. The van der Waals surface area contributed by atoms with Gasteiger partial charge in [0, 0.05) is 26.8 Å². The second-order valence-electron chi connectivity index (χ2n) is 2.81. The van der Waals surface area contributed by atoms with Crippen LogP contribution in [-0.2, 0) is 9.47 Å². The molecule has 0 radical (unpaired) electrons. The van der Waals surface area contributed by atoms with Gasteiger partial charge in [0.05, 0.1) is 13.2 Å². The molecular formula is C9H22N2O2. The van der Waals surface area contributed by atoms with E-state index in [0.29, 0.717) is 13.2 Å². The molecule has 0 aromatic carbocycles. The van der Waals surface area contributed by atoms with Crippen LogP contribution < -0.4 is 10.6 Å². The lowest BCUT2D eigenvalue weighted by Gasteiger charge is -2.05. The number of rotatable bonds is 10. The van der Waals surface area contributed by atoms with Gasteiger partial charge >= 0.3 is 0 Å². The van der Waals surface area contributed by atoms with Crippen molar-refractivity contribution >= 4 is 0 Å². The van der Waals surface area contributed by atoms with Gasteiger partial charge in [-0.3, -0.25) is 0 Å². The minimum absolute atomic E-state index is 0.688. The Labute approximate surface area is 81.0 Å². The molecule has 0 saturated carbocycles. The topological polar surface area (TPSA) is 42.5 Å². The molecule has 0 saturated heterocycles. The number of ether oxygens (including phenoxy) is 2. The maximum atomic E-state index is 5.30. The van der Waals surface area contributed by atoms with Crippen molar-refractivity contribution in [3.8, 4) is 0 Å². The van der Waals surface area contributed by atoms with E-state index >= 15 is 0 Å². The maximum Gasteiger partial charge on any atom is 0.0700 e. The molecule has 0 unspecified atom stereocenters. The van der Waals surface area contributed by atoms with Crippen molar-refractivity contribution in [3.63, 3.8) is 0 Å². The van der Waals surface area contributed by atoms with E-state index in [4.69, 9.17) is 9.47 Å². The monoisotopic (exact) mass is 190 g/mol. The second-order valence-corrected chi connectivity index (χ2v) is 2.81. The highest BCUT2D eigenvalue weighted by molar-refractivity contribution is 4.48. The lowest BCUT2D eigenvalue weighted by Crippen LogP contribution is -2.26. The molecule has 0 amide bonds. The van der Waals surface area contributed by atoms with Crippen molar-refractivity contribution in [3.05, 3.63) is 0 Å². The molecule has 13 heavy (non-hydrogen) atoms. The minimum Gasteiger partial charge on any atom is -0.382 e. The van der Waals surface area contributed by atoms with Gasteiger partial charge in [-0.25, -0.2) is 0 Å². The lowest BCUT2D eigenvalue weighted by atomic mass is 10.4. The van der Waals surface area contributed by atoms with Gasteiger partial charge in [-0.2, -0.15) is 0 Å². The predicted octanol–water partition coefficient (Wildman–Crippen LogP) is -0.151. The van der Waals surface area contributed by atoms with Gasteiger partial charge in [0.25, 0.3) is 0 Å². The summed E-state index contributed by atoms with van der Waals surface area (Å²) in [7, 11) is 3.64.